The first-order valence-electron chi connectivity index (χ1n) is 10.9. The van der Waals surface area contributed by atoms with Gasteiger partial charge in [-0.05, 0) is 68.7 Å². The molecule has 7 heteroatoms. The maximum Gasteiger partial charge on any atom is 0.266 e. The molecule has 31 heavy (non-hydrogen) atoms. The Bertz CT molecular complexity index is 1010. The number of halogens is 1. The largest absolute Gasteiger partial charge is 0.352 e. The molecular weight excluding hydrogens is 397 g/mol. The van der Waals surface area contributed by atoms with E-state index in [0.29, 0.717) is 23.8 Å². The molecule has 2 aliphatic heterocycles. The number of carbonyl (C=O) groups excluding carboxylic acids is 3. The summed E-state index contributed by atoms with van der Waals surface area (Å²) in [5.41, 5.74) is 1.08. The number of hydrogen-bond donors (Lipinski definition) is 2. The van der Waals surface area contributed by atoms with Crippen LogP contribution in [-0.2, 0) is 0 Å². The molecule has 2 heterocycles. The van der Waals surface area contributed by atoms with Crippen molar-refractivity contribution in [1.82, 2.24) is 5.32 Å². The van der Waals surface area contributed by atoms with Crippen LogP contribution in [0.5, 0.6) is 0 Å². The predicted octanol–water partition coefficient (Wildman–Crippen LogP) is 2.20. The Hall–Kier alpha value is -3.06. The van der Waals surface area contributed by atoms with Gasteiger partial charge in [0.15, 0.2) is 0 Å². The molecule has 2 atom stereocenters. The van der Waals surface area contributed by atoms with Crippen LogP contribution in [-0.4, -0.2) is 43.4 Å². The number of likely N-dealkylation sites (tertiary alicyclic amines) is 1. The summed E-state index contributed by atoms with van der Waals surface area (Å²) in [5.74, 6) is -1.69. The van der Waals surface area contributed by atoms with E-state index in [1.54, 1.807) is 11.0 Å². The Morgan fingerprint density at radius 1 is 1.10 bits per heavy atom. The molecule has 1 saturated heterocycles. The van der Waals surface area contributed by atoms with Crippen LogP contribution in [0.15, 0.2) is 42.5 Å². The van der Waals surface area contributed by atoms with Gasteiger partial charge in [-0.2, -0.15) is 0 Å². The summed E-state index contributed by atoms with van der Waals surface area (Å²) in [5, 5.41) is 2.92. The third-order valence-electron chi connectivity index (χ3n) is 6.28. The molecule has 2 aromatic rings. The van der Waals surface area contributed by atoms with E-state index in [-0.39, 0.29) is 17.0 Å². The molecule has 0 aromatic heterocycles. The molecule has 2 aliphatic rings. The fraction of sp³-hybridized carbons (Fsp3) is 0.375. The number of piperidine rings is 1. The monoisotopic (exact) mass is 424 g/mol. The Morgan fingerprint density at radius 3 is 2.58 bits per heavy atom. The summed E-state index contributed by atoms with van der Waals surface area (Å²) in [6.07, 6.45) is 4.73. The van der Waals surface area contributed by atoms with Gasteiger partial charge in [0.2, 0.25) is 0 Å². The predicted molar refractivity (Wildman–Crippen MR) is 115 cm³/mol. The van der Waals surface area contributed by atoms with Gasteiger partial charge in [0, 0.05) is 18.5 Å². The minimum Gasteiger partial charge on any atom is -0.352 e. The second kappa shape index (κ2) is 8.98. The molecule has 0 aliphatic carbocycles. The number of amides is 3. The van der Waals surface area contributed by atoms with Gasteiger partial charge >= 0.3 is 0 Å². The topological polar surface area (TPSA) is 70.9 Å². The quantitative estimate of drug-likeness (QED) is 0.552. The Morgan fingerprint density at radius 2 is 1.84 bits per heavy atom. The number of benzene rings is 2. The lowest BCUT2D eigenvalue weighted by atomic mass is 10.0. The zero-order valence-electron chi connectivity index (χ0n) is 17.6. The number of anilines is 1. The van der Waals surface area contributed by atoms with Gasteiger partial charge in [-0.3, -0.25) is 14.4 Å². The zero-order chi connectivity index (χ0) is 22.0. The molecule has 1 fully saturated rings. The average molecular weight is 424 g/mol. The van der Waals surface area contributed by atoms with E-state index < -0.39 is 17.6 Å². The summed E-state index contributed by atoms with van der Waals surface area (Å²) >= 11 is 0. The highest BCUT2D eigenvalue weighted by molar-refractivity contribution is 6.34. The van der Waals surface area contributed by atoms with Crippen LogP contribution < -0.4 is 15.1 Å². The number of hydrogen-bond acceptors (Lipinski definition) is 3. The molecule has 1 unspecified atom stereocenters. The smallest absolute Gasteiger partial charge is 0.266 e. The molecule has 6 nitrogen and oxygen atoms in total. The molecular formula is C24H27FN3O3+. The van der Waals surface area contributed by atoms with Crippen molar-refractivity contribution in [2.45, 2.75) is 38.6 Å². The highest BCUT2D eigenvalue weighted by Crippen LogP contribution is 2.29. The SMILES string of the molecule is C[C@H]1CCCC[NH+]1CCCNC(=O)c1ccc2c(c1)C(=O)N(c1ccc(F)cc1)C2=O. The van der Waals surface area contributed by atoms with Crippen LogP contribution in [0, 0.1) is 5.82 Å². The lowest BCUT2D eigenvalue weighted by molar-refractivity contribution is -0.928. The summed E-state index contributed by atoms with van der Waals surface area (Å²) in [6, 6.07) is 10.4. The van der Waals surface area contributed by atoms with Gasteiger partial charge in [-0.1, -0.05) is 0 Å². The first kappa shape index (κ1) is 21.2. The van der Waals surface area contributed by atoms with Crippen LogP contribution in [0.25, 0.3) is 0 Å². The molecule has 3 amide bonds. The fourth-order valence-corrected chi connectivity index (χ4v) is 4.45. The van der Waals surface area contributed by atoms with E-state index in [1.165, 1.54) is 62.2 Å². The average Bonchev–Trinajstić information content (AvgIpc) is 3.02. The van der Waals surface area contributed by atoms with E-state index in [9.17, 15) is 18.8 Å². The molecule has 0 saturated carbocycles. The van der Waals surface area contributed by atoms with E-state index in [1.807, 2.05) is 0 Å². The maximum atomic E-state index is 13.2. The lowest BCUT2D eigenvalue weighted by Gasteiger charge is -2.30. The van der Waals surface area contributed by atoms with Gasteiger partial charge in [0.05, 0.1) is 35.9 Å². The second-order valence-corrected chi connectivity index (χ2v) is 8.35. The van der Waals surface area contributed by atoms with Crippen LogP contribution >= 0.6 is 0 Å². The van der Waals surface area contributed by atoms with E-state index in [4.69, 9.17) is 0 Å². The third-order valence-corrected chi connectivity index (χ3v) is 6.28. The Kier molecular flexibility index (Phi) is 6.13. The minimum atomic E-state index is -0.510. The van der Waals surface area contributed by atoms with Gasteiger partial charge in [-0.25, -0.2) is 9.29 Å². The molecule has 4 rings (SSSR count). The van der Waals surface area contributed by atoms with E-state index >= 15 is 0 Å². The highest BCUT2D eigenvalue weighted by Gasteiger charge is 2.37. The number of quaternary nitrogens is 1. The first-order chi connectivity index (χ1) is 15.0. The van der Waals surface area contributed by atoms with Crippen molar-refractivity contribution in [2.24, 2.45) is 0 Å². The Balaban J connectivity index is 1.38. The number of nitrogens with one attached hydrogen (secondary N) is 2. The van der Waals surface area contributed by atoms with Crippen molar-refractivity contribution in [2.75, 3.05) is 24.5 Å². The maximum absolute atomic E-state index is 13.2. The fourth-order valence-electron chi connectivity index (χ4n) is 4.45. The third kappa shape index (κ3) is 4.37. The number of carbonyl (C=O) groups is 3. The van der Waals surface area contributed by atoms with Gasteiger partial charge in [-0.15, -0.1) is 0 Å². The van der Waals surface area contributed by atoms with Crippen LogP contribution in [0.3, 0.4) is 0 Å². The number of rotatable bonds is 6. The van der Waals surface area contributed by atoms with E-state index in [0.717, 1.165) is 17.9 Å². The Labute approximate surface area is 181 Å². The summed E-state index contributed by atoms with van der Waals surface area (Å²) < 4.78 is 13.2. The number of fused-ring (bicyclic) bond motifs is 1. The van der Waals surface area contributed by atoms with Crippen molar-refractivity contribution in [1.29, 1.82) is 0 Å². The van der Waals surface area contributed by atoms with Crippen molar-refractivity contribution < 1.29 is 23.7 Å². The second-order valence-electron chi connectivity index (χ2n) is 8.35. The zero-order valence-corrected chi connectivity index (χ0v) is 17.6. The number of imide groups is 1. The molecule has 0 radical (unpaired) electrons. The van der Waals surface area contributed by atoms with Crippen LogP contribution in [0.4, 0.5) is 10.1 Å². The van der Waals surface area contributed by atoms with Crippen molar-refractivity contribution in [3.8, 4) is 0 Å². The summed E-state index contributed by atoms with van der Waals surface area (Å²) in [4.78, 5) is 40.7. The van der Waals surface area contributed by atoms with Gasteiger partial charge < -0.3 is 10.2 Å². The summed E-state index contributed by atoms with van der Waals surface area (Å²) in [7, 11) is 0. The molecule has 2 aromatic carbocycles. The molecule has 0 spiro atoms. The standard InChI is InChI=1S/C24H26FN3O3/c1-16-5-2-3-13-27(16)14-4-12-26-22(29)17-6-11-20-21(15-17)24(31)28(23(20)30)19-9-7-18(25)8-10-19/h6-11,15-16H,2-5,12-14H2,1H3,(H,26,29)/p+1/t16-/m0/s1. The normalized spacial score (nSPS) is 20.6. The van der Waals surface area contributed by atoms with Gasteiger partial charge in [0.25, 0.3) is 17.7 Å². The first-order valence-corrected chi connectivity index (χ1v) is 10.9. The molecule has 2 N–H and O–H groups in total. The minimum absolute atomic E-state index is 0.188. The molecule has 0 bridgehead atoms. The van der Waals surface area contributed by atoms with Gasteiger partial charge in [0.1, 0.15) is 5.82 Å². The number of nitrogens with zero attached hydrogens (tertiary/aromatic N) is 1. The van der Waals surface area contributed by atoms with Crippen molar-refractivity contribution >= 4 is 23.4 Å². The lowest BCUT2D eigenvalue weighted by Crippen LogP contribution is -3.16. The highest BCUT2D eigenvalue weighted by atomic mass is 19.1. The van der Waals surface area contributed by atoms with Crippen molar-refractivity contribution in [3.63, 3.8) is 0 Å². The van der Waals surface area contributed by atoms with Crippen LogP contribution in [0.2, 0.25) is 0 Å². The summed E-state index contributed by atoms with van der Waals surface area (Å²) in [6.45, 7) is 5.08. The van der Waals surface area contributed by atoms with Crippen molar-refractivity contribution in [3.05, 3.63) is 65.0 Å². The molecule has 162 valence electrons. The van der Waals surface area contributed by atoms with Crippen LogP contribution in [0.1, 0.15) is 63.7 Å². The van der Waals surface area contributed by atoms with E-state index in [2.05, 4.69) is 12.2 Å².